The van der Waals surface area contributed by atoms with Gasteiger partial charge in [-0.25, -0.2) is 0 Å². The molecule has 1 fully saturated rings. The van der Waals surface area contributed by atoms with Crippen molar-refractivity contribution in [2.75, 3.05) is 6.61 Å². The summed E-state index contributed by atoms with van der Waals surface area (Å²) in [4.78, 5) is 0. The maximum Gasteiger partial charge on any atom is 0.0693 e. The van der Waals surface area contributed by atoms with Gasteiger partial charge in [-0.05, 0) is 26.2 Å². The van der Waals surface area contributed by atoms with Crippen molar-refractivity contribution >= 4 is 0 Å². The fraction of sp³-hybridized carbons (Fsp3) is 1.00. The van der Waals surface area contributed by atoms with E-state index in [0.29, 0.717) is 0 Å². The van der Waals surface area contributed by atoms with E-state index in [1.807, 2.05) is 6.92 Å². The summed E-state index contributed by atoms with van der Waals surface area (Å²) in [5.41, 5.74) is -0.233. The zero-order valence-corrected chi connectivity index (χ0v) is 9.29. The van der Waals surface area contributed by atoms with Crippen LogP contribution in [0.1, 0.15) is 46.0 Å². The molecule has 3 N–H and O–H groups in total. The molecule has 0 spiro atoms. The second kappa shape index (κ2) is 5.10. The monoisotopic (exact) mass is 201 g/mol. The van der Waals surface area contributed by atoms with Gasteiger partial charge >= 0.3 is 0 Å². The number of hydrogen-bond acceptors (Lipinski definition) is 3. The molecule has 0 aromatic rings. The van der Waals surface area contributed by atoms with Crippen LogP contribution in [-0.4, -0.2) is 34.5 Å². The lowest BCUT2D eigenvalue weighted by atomic mass is 9.89. The molecule has 3 heteroatoms. The van der Waals surface area contributed by atoms with Gasteiger partial charge in [-0.1, -0.05) is 19.8 Å². The summed E-state index contributed by atoms with van der Waals surface area (Å²) in [5.74, 6) is 0. The minimum absolute atomic E-state index is 0.132. The summed E-state index contributed by atoms with van der Waals surface area (Å²) in [6, 6.07) is 0.167. The third kappa shape index (κ3) is 2.94. The Bertz CT molecular complexity index is 169. The third-order valence-electron chi connectivity index (χ3n) is 3.39. The van der Waals surface area contributed by atoms with Crippen LogP contribution in [0, 0.1) is 0 Å². The molecule has 0 heterocycles. The predicted molar refractivity (Wildman–Crippen MR) is 57.2 cm³/mol. The first-order valence-corrected chi connectivity index (χ1v) is 5.68. The van der Waals surface area contributed by atoms with E-state index in [1.54, 1.807) is 0 Å². The molecular formula is C11H23NO2. The maximum atomic E-state index is 9.78. The molecule has 0 saturated heterocycles. The second-order valence-corrected chi connectivity index (χ2v) is 4.67. The molecule has 1 rings (SSSR count). The van der Waals surface area contributed by atoms with E-state index < -0.39 is 0 Å². The van der Waals surface area contributed by atoms with Crippen LogP contribution in [0.4, 0.5) is 0 Å². The van der Waals surface area contributed by atoms with Gasteiger partial charge < -0.3 is 15.5 Å². The normalized spacial score (nSPS) is 32.6. The highest BCUT2D eigenvalue weighted by atomic mass is 16.3. The first-order valence-electron chi connectivity index (χ1n) is 5.68. The van der Waals surface area contributed by atoms with Gasteiger partial charge in [-0.3, -0.25) is 0 Å². The number of hydrogen-bond donors (Lipinski definition) is 3. The quantitative estimate of drug-likeness (QED) is 0.637. The smallest absolute Gasteiger partial charge is 0.0693 e. The zero-order valence-electron chi connectivity index (χ0n) is 9.29. The molecule has 1 unspecified atom stereocenters. The van der Waals surface area contributed by atoms with Crippen molar-refractivity contribution in [2.24, 2.45) is 0 Å². The molecule has 0 bridgehead atoms. The van der Waals surface area contributed by atoms with Crippen molar-refractivity contribution < 1.29 is 10.2 Å². The Hall–Kier alpha value is -0.120. The average molecular weight is 201 g/mol. The third-order valence-corrected chi connectivity index (χ3v) is 3.39. The molecule has 0 aromatic carbocycles. The molecule has 0 radical (unpaired) electrons. The van der Waals surface area contributed by atoms with Gasteiger partial charge in [0, 0.05) is 11.6 Å². The Labute approximate surface area is 86.5 Å². The van der Waals surface area contributed by atoms with Crippen LogP contribution in [-0.2, 0) is 0 Å². The number of aliphatic hydroxyl groups is 2. The molecule has 0 amide bonds. The van der Waals surface area contributed by atoms with Gasteiger partial charge in [-0.15, -0.1) is 0 Å². The molecule has 1 aliphatic rings. The lowest BCUT2D eigenvalue weighted by Crippen LogP contribution is -2.55. The van der Waals surface area contributed by atoms with Crippen LogP contribution >= 0.6 is 0 Å². The largest absolute Gasteiger partial charge is 0.394 e. The second-order valence-electron chi connectivity index (χ2n) is 4.67. The van der Waals surface area contributed by atoms with Crippen LogP contribution in [0.25, 0.3) is 0 Å². The number of aliphatic hydroxyl groups excluding tert-OH is 2. The summed E-state index contributed by atoms with van der Waals surface area (Å²) >= 11 is 0. The number of rotatable bonds is 4. The van der Waals surface area contributed by atoms with Crippen molar-refractivity contribution in [3.8, 4) is 0 Å². The molecule has 0 aliphatic heterocycles. The topological polar surface area (TPSA) is 52.5 Å². The standard InChI is InChI=1S/C11H23NO2/c1-3-11(2,8-13)12-9-6-4-5-7-10(9)14/h9-10,12-14H,3-8H2,1-2H3/t9-,10-,11?/m1/s1. The Balaban J connectivity index is 2.48. The van der Waals surface area contributed by atoms with E-state index in [-0.39, 0.29) is 24.3 Å². The lowest BCUT2D eigenvalue weighted by Gasteiger charge is -2.37. The fourth-order valence-corrected chi connectivity index (χ4v) is 1.99. The van der Waals surface area contributed by atoms with Gasteiger partial charge in [0.25, 0.3) is 0 Å². The van der Waals surface area contributed by atoms with Crippen LogP contribution in [0.5, 0.6) is 0 Å². The van der Waals surface area contributed by atoms with E-state index in [2.05, 4.69) is 12.2 Å². The van der Waals surface area contributed by atoms with Crippen molar-refractivity contribution in [1.29, 1.82) is 0 Å². The summed E-state index contributed by atoms with van der Waals surface area (Å²) < 4.78 is 0. The Kier molecular flexibility index (Phi) is 4.35. The minimum Gasteiger partial charge on any atom is -0.394 e. The first-order chi connectivity index (χ1) is 6.61. The zero-order chi connectivity index (χ0) is 10.6. The SMILES string of the molecule is CCC(C)(CO)N[C@@H]1CCCC[C@H]1O. The van der Waals surface area contributed by atoms with Crippen molar-refractivity contribution in [2.45, 2.75) is 63.6 Å². The van der Waals surface area contributed by atoms with E-state index in [0.717, 1.165) is 25.7 Å². The highest BCUT2D eigenvalue weighted by Crippen LogP contribution is 2.21. The minimum atomic E-state index is -0.235. The van der Waals surface area contributed by atoms with E-state index in [1.165, 1.54) is 6.42 Å². The molecule has 1 aliphatic carbocycles. The van der Waals surface area contributed by atoms with E-state index in [4.69, 9.17) is 0 Å². The highest BCUT2D eigenvalue weighted by Gasteiger charge is 2.30. The van der Waals surface area contributed by atoms with Crippen LogP contribution in [0.15, 0.2) is 0 Å². The van der Waals surface area contributed by atoms with Gasteiger partial charge in [0.05, 0.1) is 12.7 Å². The van der Waals surface area contributed by atoms with Crippen LogP contribution < -0.4 is 5.32 Å². The van der Waals surface area contributed by atoms with Gasteiger partial charge in [0.15, 0.2) is 0 Å². The summed E-state index contributed by atoms with van der Waals surface area (Å²) in [7, 11) is 0. The fourth-order valence-electron chi connectivity index (χ4n) is 1.99. The van der Waals surface area contributed by atoms with E-state index >= 15 is 0 Å². The lowest BCUT2D eigenvalue weighted by molar-refractivity contribution is 0.0582. The molecule has 0 aromatic heterocycles. The summed E-state index contributed by atoms with van der Waals surface area (Å²) in [6.45, 7) is 4.19. The van der Waals surface area contributed by atoms with Crippen molar-refractivity contribution in [3.63, 3.8) is 0 Å². The first kappa shape index (κ1) is 12.0. The van der Waals surface area contributed by atoms with Crippen LogP contribution in [0.2, 0.25) is 0 Å². The van der Waals surface area contributed by atoms with E-state index in [9.17, 15) is 10.2 Å². The average Bonchev–Trinajstić information content (AvgIpc) is 2.21. The molecular weight excluding hydrogens is 178 g/mol. The highest BCUT2D eigenvalue weighted by molar-refractivity contribution is 4.89. The molecule has 1 saturated carbocycles. The molecule has 3 atom stereocenters. The molecule has 3 nitrogen and oxygen atoms in total. The molecule has 14 heavy (non-hydrogen) atoms. The van der Waals surface area contributed by atoms with Gasteiger partial charge in [-0.2, -0.15) is 0 Å². The van der Waals surface area contributed by atoms with Gasteiger partial charge in [0.2, 0.25) is 0 Å². The Morgan fingerprint density at radius 3 is 2.50 bits per heavy atom. The van der Waals surface area contributed by atoms with Crippen LogP contribution in [0.3, 0.4) is 0 Å². The molecule has 84 valence electrons. The summed E-state index contributed by atoms with van der Waals surface area (Å²) in [5, 5.41) is 22.4. The van der Waals surface area contributed by atoms with Gasteiger partial charge in [0.1, 0.15) is 0 Å². The maximum absolute atomic E-state index is 9.78. The van der Waals surface area contributed by atoms with Crippen molar-refractivity contribution in [3.05, 3.63) is 0 Å². The van der Waals surface area contributed by atoms with Crippen molar-refractivity contribution in [1.82, 2.24) is 5.32 Å². The predicted octanol–water partition coefficient (Wildman–Crippen LogP) is 1.04. The Morgan fingerprint density at radius 2 is 2.00 bits per heavy atom. The number of nitrogens with one attached hydrogen (secondary N) is 1. The summed E-state index contributed by atoms with van der Waals surface area (Å²) in [6.07, 6.45) is 4.87. The Morgan fingerprint density at radius 1 is 1.36 bits per heavy atom.